The Hall–Kier alpha value is 0.400. The fraction of sp³-hybridized carbons (Fsp3) is 1.00. The summed E-state index contributed by atoms with van der Waals surface area (Å²) < 4.78 is 0. The van der Waals surface area contributed by atoms with E-state index >= 15 is 0 Å². The van der Waals surface area contributed by atoms with Gasteiger partial charge >= 0.3 is 0 Å². The highest BCUT2D eigenvalue weighted by atomic mass is 79.9. The van der Waals surface area contributed by atoms with Crippen molar-refractivity contribution in [2.75, 3.05) is 25.0 Å². The molecule has 0 aromatic rings. The van der Waals surface area contributed by atoms with Crippen LogP contribution in [0, 0.1) is 11.8 Å². The molecule has 84 valence electrons. The molecule has 3 heteroatoms. The molecule has 14 heavy (non-hydrogen) atoms. The van der Waals surface area contributed by atoms with Crippen LogP contribution in [0.1, 0.15) is 26.7 Å². The van der Waals surface area contributed by atoms with Crippen molar-refractivity contribution in [2.45, 2.75) is 32.8 Å². The van der Waals surface area contributed by atoms with Crippen molar-refractivity contribution in [3.8, 4) is 0 Å². The van der Waals surface area contributed by atoms with Crippen LogP contribution in [-0.2, 0) is 0 Å². The van der Waals surface area contributed by atoms with Gasteiger partial charge in [-0.3, -0.25) is 0 Å². The first-order chi connectivity index (χ1) is 6.67. The number of halogens is 1. The summed E-state index contributed by atoms with van der Waals surface area (Å²) in [5.74, 6) is 1.27. The molecule has 1 fully saturated rings. The van der Waals surface area contributed by atoms with Gasteiger partial charge in [-0.2, -0.15) is 0 Å². The van der Waals surface area contributed by atoms with Gasteiger partial charge in [-0.25, -0.2) is 0 Å². The number of aliphatic hydroxyl groups excluding tert-OH is 1. The maximum absolute atomic E-state index is 9.48. The molecule has 0 saturated carbocycles. The van der Waals surface area contributed by atoms with E-state index < -0.39 is 0 Å². The lowest BCUT2D eigenvalue weighted by molar-refractivity contribution is 0.126. The fourth-order valence-electron chi connectivity index (χ4n) is 2.07. The summed E-state index contributed by atoms with van der Waals surface area (Å²) in [4.78, 5) is 2.49. The third-order valence-corrected chi connectivity index (χ3v) is 4.22. The summed E-state index contributed by atoms with van der Waals surface area (Å²) in [6, 6.07) is 0. The Kier molecular flexibility index (Phi) is 5.42. The van der Waals surface area contributed by atoms with Gasteiger partial charge in [0.15, 0.2) is 0 Å². The highest BCUT2D eigenvalue weighted by Gasteiger charge is 2.26. The minimum atomic E-state index is -0.135. The molecule has 1 rings (SSSR count). The monoisotopic (exact) mass is 263 g/mol. The van der Waals surface area contributed by atoms with E-state index in [0.717, 1.165) is 24.2 Å². The van der Waals surface area contributed by atoms with Crippen molar-refractivity contribution in [3.05, 3.63) is 0 Å². The summed E-state index contributed by atoms with van der Waals surface area (Å²) in [5, 5.41) is 10.6. The number of nitrogens with zero attached hydrogens (tertiary/aromatic N) is 1. The van der Waals surface area contributed by atoms with Crippen molar-refractivity contribution in [2.24, 2.45) is 11.8 Å². The Bertz CT molecular complexity index is 159. The third kappa shape index (κ3) is 3.52. The van der Waals surface area contributed by atoms with E-state index in [1.165, 1.54) is 19.5 Å². The lowest BCUT2D eigenvalue weighted by Gasteiger charge is -2.21. The largest absolute Gasteiger partial charge is 0.393 e. The van der Waals surface area contributed by atoms with Gasteiger partial charge in [0.2, 0.25) is 0 Å². The Labute approximate surface area is 95.8 Å². The molecule has 1 heterocycles. The van der Waals surface area contributed by atoms with Crippen molar-refractivity contribution in [3.63, 3.8) is 0 Å². The van der Waals surface area contributed by atoms with Crippen molar-refractivity contribution < 1.29 is 5.11 Å². The van der Waals surface area contributed by atoms with Gasteiger partial charge in [-0.15, -0.1) is 0 Å². The van der Waals surface area contributed by atoms with Crippen LogP contribution in [0.15, 0.2) is 0 Å². The number of likely N-dealkylation sites (tertiary alicyclic amines) is 1. The number of rotatable bonds is 5. The van der Waals surface area contributed by atoms with Crippen LogP contribution < -0.4 is 0 Å². The van der Waals surface area contributed by atoms with Crippen molar-refractivity contribution in [1.29, 1.82) is 0 Å². The molecule has 3 unspecified atom stereocenters. The van der Waals surface area contributed by atoms with Gasteiger partial charge in [0, 0.05) is 18.4 Å². The van der Waals surface area contributed by atoms with Gasteiger partial charge in [0.25, 0.3) is 0 Å². The smallest absolute Gasteiger partial charge is 0.0552 e. The Morgan fingerprint density at radius 2 is 2.29 bits per heavy atom. The zero-order valence-corrected chi connectivity index (χ0v) is 10.8. The Morgan fingerprint density at radius 3 is 2.71 bits per heavy atom. The van der Waals surface area contributed by atoms with E-state index in [1.807, 2.05) is 6.92 Å². The van der Waals surface area contributed by atoms with Crippen LogP contribution in [0.4, 0.5) is 0 Å². The normalized spacial score (nSPS) is 27.9. The SMILES string of the molecule is CCC(CBr)CN1CCC(C(C)O)C1. The third-order valence-electron chi connectivity index (χ3n) is 3.30. The van der Waals surface area contributed by atoms with E-state index in [1.54, 1.807) is 0 Å². The molecule has 0 bridgehead atoms. The number of hydrogen-bond acceptors (Lipinski definition) is 2. The zero-order chi connectivity index (χ0) is 10.6. The summed E-state index contributed by atoms with van der Waals surface area (Å²) in [7, 11) is 0. The molecular formula is C11H22BrNO. The van der Waals surface area contributed by atoms with Crippen LogP contribution >= 0.6 is 15.9 Å². The van der Waals surface area contributed by atoms with Crippen LogP contribution in [0.2, 0.25) is 0 Å². The van der Waals surface area contributed by atoms with Gasteiger partial charge in [-0.05, 0) is 31.7 Å². The second kappa shape index (κ2) is 6.09. The lowest BCUT2D eigenvalue weighted by atomic mass is 10.0. The van der Waals surface area contributed by atoms with E-state index in [-0.39, 0.29) is 6.10 Å². The van der Waals surface area contributed by atoms with Gasteiger partial charge in [0.05, 0.1) is 6.10 Å². The second-order valence-electron chi connectivity index (χ2n) is 4.48. The average molecular weight is 264 g/mol. The first-order valence-electron chi connectivity index (χ1n) is 5.63. The summed E-state index contributed by atoms with van der Waals surface area (Å²) in [5.41, 5.74) is 0. The minimum absolute atomic E-state index is 0.135. The summed E-state index contributed by atoms with van der Waals surface area (Å²) >= 11 is 3.55. The van der Waals surface area contributed by atoms with Crippen LogP contribution in [-0.4, -0.2) is 41.1 Å². The summed E-state index contributed by atoms with van der Waals surface area (Å²) in [6.45, 7) is 7.59. The van der Waals surface area contributed by atoms with Crippen LogP contribution in [0.5, 0.6) is 0 Å². The van der Waals surface area contributed by atoms with Crippen LogP contribution in [0.3, 0.4) is 0 Å². The Morgan fingerprint density at radius 1 is 1.57 bits per heavy atom. The quantitative estimate of drug-likeness (QED) is 0.769. The van der Waals surface area contributed by atoms with E-state index in [2.05, 4.69) is 27.8 Å². The predicted molar refractivity (Wildman–Crippen MR) is 63.8 cm³/mol. The molecule has 1 saturated heterocycles. The van der Waals surface area contributed by atoms with Gasteiger partial charge in [-0.1, -0.05) is 29.3 Å². The maximum Gasteiger partial charge on any atom is 0.0552 e. The molecular weight excluding hydrogens is 242 g/mol. The maximum atomic E-state index is 9.48. The summed E-state index contributed by atoms with van der Waals surface area (Å²) in [6.07, 6.45) is 2.27. The van der Waals surface area contributed by atoms with E-state index in [0.29, 0.717) is 5.92 Å². The number of alkyl halides is 1. The molecule has 0 amide bonds. The van der Waals surface area contributed by atoms with Gasteiger partial charge in [0.1, 0.15) is 0 Å². The van der Waals surface area contributed by atoms with Crippen LogP contribution in [0.25, 0.3) is 0 Å². The molecule has 1 aliphatic heterocycles. The molecule has 0 spiro atoms. The van der Waals surface area contributed by atoms with Gasteiger partial charge < -0.3 is 10.0 Å². The molecule has 3 atom stereocenters. The topological polar surface area (TPSA) is 23.5 Å². The predicted octanol–water partition coefficient (Wildman–Crippen LogP) is 2.11. The molecule has 1 N–H and O–H groups in total. The fourth-order valence-corrected chi connectivity index (χ4v) is 2.74. The molecule has 0 aliphatic carbocycles. The lowest BCUT2D eigenvalue weighted by Crippen LogP contribution is -2.29. The van der Waals surface area contributed by atoms with E-state index in [9.17, 15) is 5.11 Å². The highest BCUT2D eigenvalue weighted by Crippen LogP contribution is 2.21. The molecule has 0 radical (unpaired) electrons. The average Bonchev–Trinajstić information content (AvgIpc) is 2.62. The van der Waals surface area contributed by atoms with E-state index in [4.69, 9.17) is 0 Å². The molecule has 2 nitrogen and oxygen atoms in total. The Balaban J connectivity index is 2.28. The zero-order valence-electron chi connectivity index (χ0n) is 9.25. The second-order valence-corrected chi connectivity index (χ2v) is 5.12. The standard InChI is InChI=1S/C11H22BrNO/c1-3-10(6-12)7-13-5-4-11(8-13)9(2)14/h9-11,14H,3-8H2,1-2H3. The molecule has 1 aliphatic rings. The highest BCUT2D eigenvalue weighted by molar-refractivity contribution is 9.09. The first kappa shape index (κ1) is 12.5. The first-order valence-corrected chi connectivity index (χ1v) is 6.75. The minimum Gasteiger partial charge on any atom is -0.393 e. The number of hydrogen-bond donors (Lipinski definition) is 1. The number of aliphatic hydroxyl groups is 1. The van der Waals surface area contributed by atoms with Crippen molar-refractivity contribution >= 4 is 15.9 Å². The molecule has 0 aromatic carbocycles. The molecule has 0 aromatic heterocycles. The van der Waals surface area contributed by atoms with Crippen molar-refractivity contribution in [1.82, 2.24) is 4.90 Å².